The molecular formula is CH4K2O. The molecular weight excluding hydrogens is 106 g/mol. The van der Waals surface area contributed by atoms with Crippen LogP contribution >= 0.6 is 0 Å². The number of hydrogen-bond acceptors (Lipinski definition) is 1. The Kier molecular flexibility index (Phi) is 64.0. The van der Waals surface area contributed by atoms with Gasteiger partial charge in [-0.25, -0.2) is 0 Å². The fourth-order valence-electron chi connectivity index (χ4n) is 0. The summed E-state index contributed by atoms with van der Waals surface area (Å²) in [4.78, 5) is 0. The van der Waals surface area contributed by atoms with E-state index in [-0.39, 0.29) is 103 Å². The van der Waals surface area contributed by atoms with Crippen molar-refractivity contribution in [2.75, 3.05) is 7.11 Å². The maximum atomic E-state index is 7.00. The summed E-state index contributed by atoms with van der Waals surface area (Å²) in [5.41, 5.74) is 0. The maximum Gasteiger partial charge on any atom is 0.0319 e. The molecule has 4 heavy (non-hydrogen) atoms. The molecule has 0 saturated heterocycles. The molecule has 0 aromatic carbocycles. The zero-order chi connectivity index (χ0) is 2.00. The Morgan fingerprint density at radius 2 is 1.00 bits per heavy atom. The van der Waals surface area contributed by atoms with Gasteiger partial charge in [-0.15, -0.1) is 0 Å². The molecule has 0 fully saturated rings. The summed E-state index contributed by atoms with van der Waals surface area (Å²) < 4.78 is 0. The average molecular weight is 110 g/mol. The van der Waals surface area contributed by atoms with E-state index in [9.17, 15) is 0 Å². The monoisotopic (exact) mass is 110 g/mol. The third-order valence-electron chi connectivity index (χ3n) is 0. The molecule has 0 bridgehead atoms. The van der Waals surface area contributed by atoms with Gasteiger partial charge in [-0.05, 0) is 0 Å². The Labute approximate surface area is 111 Å². The summed E-state index contributed by atoms with van der Waals surface area (Å²) in [6, 6.07) is 0. The van der Waals surface area contributed by atoms with Gasteiger partial charge in [0.25, 0.3) is 0 Å². The summed E-state index contributed by atoms with van der Waals surface area (Å²) in [6.07, 6.45) is 0. The number of rotatable bonds is 0. The molecule has 0 spiro atoms. The SMILES string of the molecule is CO.[K].[K]. The van der Waals surface area contributed by atoms with Gasteiger partial charge < -0.3 is 5.11 Å². The largest absolute Gasteiger partial charge is 0.400 e. The van der Waals surface area contributed by atoms with Gasteiger partial charge in [0.1, 0.15) is 0 Å². The molecule has 0 aromatic heterocycles. The van der Waals surface area contributed by atoms with Crippen molar-refractivity contribution in [2.45, 2.75) is 0 Å². The molecule has 0 saturated carbocycles. The molecule has 0 heterocycles. The fourth-order valence-corrected chi connectivity index (χ4v) is 0. The van der Waals surface area contributed by atoms with Crippen molar-refractivity contribution in [3.8, 4) is 0 Å². The van der Waals surface area contributed by atoms with E-state index < -0.39 is 0 Å². The molecule has 0 rings (SSSR count). The van der Waals surface area contributed by atoms with Crippen LogP contribution < -0.4 is 0 Å². The van der Waals surface area contributed by atoms with Gasteiger partial charge in [0.05, 0.1) is 0 Å². The van der Waals surface area contributed by atoms with Gasteiger partial charge >= 0.3 is 0 Å². The van der Waals surface area contributed by atoms with Gasteiger partial charge in [-0.1, -0.05) is 0 Å². The second-order valence-electron chi connectivity index (χ2n) is 0. The quantitative estimate of drug-likeness (QED) is 0.390. The maximum absolute atomic E-state index is 7.00. The summed E-state index contributed by atoms with van der Waals surface area (Å²) in [5, 5.41) is 7.00. The fraction of sp³-hybridized carbons (Fsp3) is 1.00. The Hall–Kier alpha value is 3.23. The summed E-state index contributed by atoms with van der Waals surface area (Å²) in [6.45, 7) is 0. The van der Waals surface area contributed by atoms with E-state index in [1.54, 1.807) is 0 Å². The molecule has 0 unspecified atom stereocenters. The van der Waals surface area contributed by atoms with Crippen LogP contribution in [0, 0.1) is 0 Å². The second-order valence-corrected chi connectivity index (χ2v) is 0. The molecule has 2 radical (unpaired) electrons. The molecule has 3 heteroatoms. The third kappa shape index (κ3) is 8.97. The van der Waals surface area contributed by atoms with Crippen molar-refractivity contribution in [2.24, 2.45) is 0 Å². The van der Waals surface area contributed by atoms with Crippen molar-refractivity contribution >= 4 is 103 Å². The predicted octanol–water partition coefficient (Wildman–Crippen LogP) is -1.15. The van der Waals surface area contributed by atoms with Crippen LogP contribution in [0.5, 0.6) is 0 Å². The van der Waals surface area contributed by atoms with Crippen molar-refractivity contribution < 1.29 is 5.11 Å². The second kappa shape index (κ2) is 16.3. The van der Waals surface area contributed by atoms with Crippen molar-refractivity contribution in [3.63, 3.8) is 0 Å². The minimum absolute atomic E-state index is 0. The van der Waals surface area contributed by atoms with Crippen molar-refractivity contribution in [1.82, 2.24) is 0 Å². The molecule has 16 valence electrons. The van der Waals surface area contributed by atoms with Gasteiger partial charge in [-0.2, -0.15) is 0 Å². The first-order chi connectivity index (χ1) is 1.00. The Morgan fingerprint density at radius 3 is 1.00 bits per heavy atom. The molecule has 1 N–H and O–H groups in total. The summed E-state index contributed by atoms with van der Waals surface area (Å²) in [5.74, 6) is 0. The number of hydrogen-bond donors (Lipinski definition) is 1. The van der Waals surface area contributed by atoms with E-state index >= 15 is 0 Å². The van der Waals surface area contributed by atoms with Crippen LogP contribution in [0.3, 0.4) is 0 Å². The smallest absolute Gasteiger partial charge is 0.0319 e. The minimum atomic E-state index is 0. The Balaban J connectivity index is -0.00000000500. The van der Waals surface area contributed by atoms with Crippen molar-refractivity contribution in [3.05, 3.63) is 0 Å². The van der Waals surface area contributed by atoms with E-state index in [4.69, 9.17) is 5.11 Å². The van der Waals surface area contributed by atoms with Gasteiger partial charge in [0, 0.05) is 110 Å². The summed E-state index contributed by atoms with van der Waals surface area (Å²) >= 11 is 0. The first-order valence-electron chi connectivity index (χ1n) is 0.447. The zero-order valence-electron chi connectivity index (χ0n) is 3.45. The van der Waals surface area contributed by atoms with Crippen LogP contribution in [0.4, 0.5) is 0 Å². The van der Waals surface area contributed by atoms with Gasteiger partial charge in [0.2, 0.25) is 0 Å². The van der Waals surface area contributed by atoms with E-state index in [0.29, 0.717) is 0 Å². The van der Waals surface area contributed by atoms with Crippen LogP contribution in [-0.2, 0) is 0 Å². The topological polar surface area (TPSA) is 20.2 Å². The molecule has 0 amide bonds. The normalized spacial score (nSPS) is 1.50. The number of aliphatic hydroxyl groups is 1. The molecule has 0 aromatic rings. The van der Waals surface area contributed by atoms with Crippen molar-refractivity contribution in [1.29, 1.82) is 0 Å². The van der Waals surface area contributed by atoms with E-state index in [2.05, 4.69) is 0 Å². The average Bonchev–Trinajstić information content (AvgIpc) is 1.00. The van der Waals surface area contributed by atoms with Crippen LogP contribution in [0.2, 0.25) is 0 Å². The van der Waals surface area contributed by atoms with Crippen LogP contribution in [0.15, 0.2) is 0 Å². The minimum Gasteiger partial charge on any atom is -0.400 e. The third-order valence-corrected chi connectivity index (χ3v) is 0. The van der Waals surface area contributed by atoms with Crippen LogP contribution in [0.25, 0.3) is 0 Å². The molecule has 0 aliphatic carbocycles. The Bertz CT molecular complexity index is 6.00. The zero-order valence-corrected chi connectivity index (χ0v) is 9.69. The molecule has 0 aliphatic rings. The Morgan fingerprint density at radius 1 is 1.00 bits per heavy atom. The van der Waals surface area contributed by atoms with Crippen LogP contribution in [0.1, 0.15) is 0 Å². The van der Waals surface area contributed by atoms with E-state index in [1.807, 2.05) is 0 Å². The first-order valence-corrected chi connectivity index (χ1v) is 0.447. The number of aliphatic hydroxyl groups excluding tert-OH is 1. The summed E-state index contributed by atoms with van der Waals surface area (Å²) in [7, 11) is 1.00. The molecule has 0 aliphatic heterocycles. The van der Waals surface area contributed by atoms with E-state index in [0.717, 1.165) is 7.11 Å². The molecule has 1 nitrogen and oxygen atoms in total. The molecule has 0 atom stereocenters. The van der Waals surface area contributed by atoms with Gasteiger partial charge in [0.15, 0.2) is 0 Å². The predicted molar refractivity (Wildman–Crippen MR) is 19.7 cm³/mol. The van der Waals surface area contributed by atoms with Gasteiger partial charge in [-0.3, -0.25) is 0 Å². The first kappa shape index (κ1) is 15.7. The van der Waals surface area contributed by atoms with E-state index in [1.165, 1.54) is 0 Å². The van der Waals surface area contributed by atoms with Crippen LogP contribution in [-0.4, -0.2) is 115 Å². The standard InChI is InChI=1S/CH4O.2K/c1-2;;/h2H,1H3;;.